The van der Waals surface area contributed by atoms with Crippen molar-refractivity contribution in [2.45, 2.75) is 29.8 Å². The van der Waals surface area contributed by atoms with Crippen molar-refractivity contribution in [1.82, 2.24) is 4.72 Å². The smallest absolute Gasteiger partial charge is 0.240 e. The first-order valence-electron chi connectivity index (χ1n) is 5.43. The van der Waals surface area contributed by atoms with Gasteiger partial charge in [0.05, 0.1) is 12.0 Å². The zero-order valence-corrected chi connectivity index (χ0v) is 10.4. The van der Waals surface area contributed by atoms with Crippen LogP contribution in [0.3, 0.4) is 0 Å². The van der Waals surface area contributed by atoms with Crippen molar-refractivity contribution in [2.24, 2.45) is 5.73 Å². The predicted molar refractivity (Wildman–Crippen MR) is 64.3 cm³/mol. The maximum absolute atomic E-state index is 11.9. The normalized spacial score (nSPS) is 24.1. The van der Waals surface area contributed by atoms with Gasteiger partial charge in [0.2, 0.25) is 10.0 Å². The number of nitrogens with two attached hydrogens (primary N) is 1. The van der Waals surface area contributed by atoms with Crippen LogP contribution in [-0.4, -0.2) is 27.6 Å². The second kappa shape index (κ2) is 4.64. The average Bonchev–Trinajstić information content (AvgIpc) is 2.27. The number of methoxy groups -OCH3 is 1. The third kappa shape index (κ3) is 2.77. The Labute approximate surface area is 101 Å². The van der Waals surface area contributed by atoms with Crippen molar-refractivity contribution in [3.05, 3.63) is 24.3 Å². The van der Waals surface area contributed by atoms with Gasteiger partial charge in [0.25, 0.3) is 0 Å². The zero-order valence-electron chi connectivity index (χ0n) is 9.59. The lowest BCUT2D eigenvalue weighted by molar-refractivity contribution is 0.327. The molecule has 1 aliphatic carbocycles. The van der Waals surface area contributed by atoms with Crippen LogP contribution in [0.2, 0.25) is 0 Å². The molecule has 0 unspecified atom stereocenters. The molecule has 2 rings (SSSR count). The fourth-order valence-corrected chi connectivity index (χ4v) is 3.06. The number of sulfonamides is 1. The topological polar surface area (TPSA) is 81.4 Å². The zero-order chi connectivity index (χ0) is 12.5. The van der Waals surface area contributed by atoms with E-state index in [1.807, 2.05) is 0 Å². The molecule has 0 atom stereocenters. The molecule has 1 saturated carbocycles. The average molecular weight is 256 g/mol. The molecule has 17 heavy (non-hydrogen) atoms. The molecule has 0 amide bonds. The summed E-state index contributed by atoms with van der Waals surface area (Å²) in [5.41, 5.74) is 5.61. The molecule has 0 heterocycles. The van der Waals surface area contributed by atoms with Crippen molar-refractivity contribution in [3.8, 4) is 5.75 Å². The molecule has 1 aromatic rings. The highest BCUT2D eigenvalue weighted by Crippen LogP contribution is 2.21. The first-order valence-corrected chi connectivity index (χ1v) is 6.91. The second-order valence-corrected chi connectivity index (χ2v) is 5.94. The highest BCUT2D eigenvalue weighted by atomic mass is 32.2. The molecule has 5 nitrogen and oxygen atoms in total. The van der Waals surface area contributed by atoms with Crippen molar-refractivity contribution < 1.29 is 13.2 Å². The maximum atomic E-state index is 11.9. The number of benzene rings is 1. The molecule has 94 valence electrons. The van der Waals surface area contributed by atoms with E-state index in [2.05, 4.69) is 4.72 Å². The number of hydrogen-bond donors (Lipinski definition) is 2. The first kappa shape index (κ1) is 12.3. The number of hydrogen-bond acceptors (Lipinski definition) is 4. The molecule has 0 saturated heterocycles. The van der Waals surface area contributed by atoms with Crippen molar-refractivity contribution in [1.29, 1.82) is 0 Å². The van der Waals surface area contributed by atoms with Gasteiger partial charge in [0.1, 0.15) is 5.75 Å². The van der Waals surface area contributed by atoms with Gasteiger partial charge in [-0.3, -0.25) is 0 Å². The van der Waals surface area contributed by atoms with Crippen LogP contribution in [0, 0.1) is 0 Å². The van der Waals surface area contributed by atoms with Crippen LogP contribution in [0.4, 0.5) is 0 Å². The minimum Gasteiger partial charge on any atom is -0.497 e. The summed E-state index contributed by atoms with van der Waals surface area (Å²) < 4.78 is 31.5. The Bertz CT molecular complexity index is 478. The molecular weight excluding hydrogens is 240 g/mol. The lowest BCUT2D eigenvalue weighted by Gasteiger charge is -2.32. The quantitative estimate of drug-likeness (QED) is 0.820. The van der Waals surface area contributed by atoms with Crippen LogP contribution in [0.5, 0.6) is 5.75 Å². The molecule has 0 aliphatic heterocycles. The number of nitrogens with one attached hydrogen (secondary N) is 1. The minimum absolute atomic E-state index is 0.0305. The van der Waals surface area contributed by atoms with Gasteiger partial charge >= 0.3 is 0 Å². The van der Waals surface area contributed by atoms with E-state index in [9.17, 15) is 8.42 Å². The van der Waals surface area contributed by atoms with E-state index in [-0.39, 0.29) is 17.0 Å². The molecule has 0 bridgehead atoms. The van der Waals surface area contributed by atoms with Crippen LogP contribution in [-0.2, 0) is 10.0 Å². The van der Waals surface area contributed by atoms with Crippen LogP contribution >= 0.6 is 0 Å². The Morgan fingerprint density at radius 2 is 1.88 bits per heavy atom. The van der Waals surface area contributed by atoms with Gasteiger partial charge in [-0.05, 0) is 37.1 Å². The Kier molecular flexibility index (Phi) is 3.37. The summed E-state index contributed by atoms with van der Waals surface area (Å²) in [5, 5.41) is 0. The lowest BCUT2D eigenvalue weighted by Crippen LogP contribution is -2.50. The molecule has 3 N–H and O–H groups in total. The summed E-state index contributed by atoms with van der Waals surface area (Å²) in [6, 6.07) is 6.40. The second-order valence-electron chi connectivity index (χ2n) is 4.23. The summed E-state index contributed by atoms with van der Waals surface area (Å²) in [4.78, 5) is 0.249. The summed E-state index contributed by atoms with van der Waals surface area (Å²) in [5.74, 6) is 0.634. The van der Waals surface area contributed by atoms with Crippen LogP contribution in [0.25, 0.3) is 0 Å². The van der Waals surface area contributed by atoms with Crippen LogP contribution < -0.4 is 15.2 Å². The first-order chi connectivity index (χ1) is 8.01. The Morgan fingerprint density at radius 3 is 2.35 bits per heavy atom. The molecule has 0 spiro atoms. The highest BCUT2D eigenvalue weighted by Gasteiger charge is 2.30. The largest absolute Gasteiger partial charge is 0.497 e. The monoisotopic (exact) mass is 256 g/mol. The van der Waals surface area contributed by atoms with Gasteiger partial charge < -0.3 is 10.5 Å². The van der Waals surface area contributed by atoms with E-state index in [1.54, 1.807) is 12.1 Å². The maximum Gasteiger partial charge on any atom is 0.240 e. The van der Waals surface area contributed by atoms with Crippen molar-refractivity contribution in [2.75, 3.05) is 7.11 Å². The van der Waals surface area contributed by atoms with E-state index in [0.29, 0.717) is 18.6 Å². The van der Waals surface area contributed by atoms with E-state index in [1.165, 1.54) is 19.2 Å². The number of rotatable bonds is 4. The van der Waals surface area contributed by atoms with Gasteiger partial charge in [-0.25, -0.2) is 13.1 Å². The van der Waals surface area contributed by atoms with Gasteiger partial charge in [0.15, 0.2) is 0 Å². The van der Waals surface area contributed by atoms with Crippen LogP contribution in [0.1, 0.15) is 12.8 Å². The fourth-order valence-electron chi connectivity index (χ4n) is 1.80. The molecule has 0 aromatic heterocycles. The van der Waals surface area contributed by atoms with Gasteiger partial charge in [-0.1, -0.05) is 0 Å². The summed E-state index contributed by atoms with van der Waals surface area (Å²) >= 11 is 0. The highest BCUT2D eigenvalue weighted by molar-refractivity contribution is 7.89. The molecule has 1 aliphatic rings. The fraction of sp³-hybridized carbons (Fsp3) is 0.455. The molecule has 1 aromatic carbocycles. The Hall–Kier alpha value is -1.11. The predicted octanol–water partition coefficient (Wildman–Crippen LogP) is 0.463. The molecule has 6 heteroatoms. The van der Waals surface area contributed by atoms with Crippen LogP contribution in [0.15, 0.2) is 29.2 Å². The van der Waals surface area contributed by atoms with Crippen molar-refractivity contribution in [3.63, 3.8) is 0 Å². The van der Waals surface area contributed by atoms with E-state index in [4.69, 9.17) is 10.5 Å². The lowest BCUT2D eigenvalue weighted by atomic mass is 9.89. The molecule has 1 fully saturated rings. The molecular formula is C11H16N2O3S. The third-order valence-corrected chi connectivity index (χ3v) is 4.40. The SMILES string of the molecule is COc1ccc(S(=O)(=O)NC2CC(N)C2)cc1. The summed E-state index contributed by atoms with van der Waals surface area (Å²) in [6.07, 6.45) is 1.41. The Balaban J connectivity index is 2.08. The Morgan fingerprint density at radius 1 is 1.29 bits per heavy atom. The van der Waals surface area contributed by atoms with Crippen molar-refractivity contribution >= 4 is 10.0 Å². The third-order valence-electron chi connectivity index (χ3n) is 2.87. The summed E-state index contributed by atoms with van der Waals surface area (Å²) in [7, 11) is -1.89. The minimum atomic E-state index is -3.43. The summed E-state index contributed by atoms with van der Waals surface area (Å²) in [6.45, 7) is 0. The van der Waals surface area contributed by atoms with Gasteiger partial charge in [0, 0.05) is 12.1 Å². The van der Waals surface area contributed by atoms with Gasteiger partial charge in [-0.2, -0.15) is 0 Å². The standard InChI is InChI=1S/C11H16N2O3S/c1-16-10-2-4-11(5-3-10)17(14,15)13-9-6-8(12)7-9/h2-5,8-9,13H,6-7,12H2,1H3. The molecule has 0 radical (unpaired) electrons. The van der Waals surface area contributed by atoms with E-state index < -0.39 is 10.0 Å². The number of ether oxygens (including phenoxy) is 1. The van der Waals surface area contributed by atoms with E-state index >= 15 is 0 Å². The van der Waals surface area contributed by atoms with E-state index in [0.717, 1.165) is 0 Å². The van der Waals surface area contributed by atoms with Gasteiger partial charge in [-0.15, -0.1) is 0 Å².